The van der Waals surface area contributed by atoms with E-state index >= 15 is 0 Å². The zero-order chi connectivity index (χ0) is 32.7. The van der Waals surface area contributed by atoms with Gasteiger partial charge in [-0.15, -0.1) is 0 Å². The van der Waals surface area contributed by atoms with Crippen molar-refractivity contribution >= 4 is 35.5 Å². The summed E-state index contributed by atoms with van der Waals surface area (Å²) < 4.78 is 0. The van der Waals surface area contributed by atoms with Crippen LogP contribution in [0.4, 0.5) is 0 Å². The minimum Gasteiger partial charge on any atom is -0.480 e. The first-order valence-corrected chi connectivity index (χ1v) is 14.9. The first-order valence-electron chi connectivity index (χ1n) is 14.9. The van der Waals surface area contributed by atoms with Gasteiger partial charge in [-0.1, -0.05) is 61.8 Å². The normalized spacial score (nSPS) is 15.6. The van der Waals surface area contributed by atoms with Crippen molar-refractivity contribution in [3.63, 3.8) is 0 Å². The number of carbonyl (C=O) groups excluding carboxylic acids is 5. The molecule has 0 heterocycles. The van der Waals surface area contributed by atoms with Crippen LogP contribution >= 0.6 is 0 Å². The standard InChI is InChI=1S/C29H54N6O7/c1-10-18(8)24(28(40)34-22(29(41)42)13-17(6)7)35-25(37)19(9)32-23(36)14-31-27(39)21(12-16(4)5)33-26(38)20(30)11-15(2)3/h15-22,24H,10-14,30H2,1-9H3,(H,31,39)(H,32,36)(H,33,38)(H,34,40)(H,35,37)(H,41,42)/t18-,19-,20-,21-,22-,24-/m0/s1. The third-order valence-corrected chi connectivity index (χ3v) is 6.71. The SMILES string of the molecule is CC[C@H](C)[C@H](NC(=O)[C@H](C)NC(=O)CNC(=O)[C@H](CC(C)C)NC(=O)[C@@H](N)CC(C)C)C(=O)N[C@@H](CC(C)C)C(=O)O. The van der Waals surface area contributed by atoms with Crippen molar-refractivity contribution < 1.29 is 33.9 Å². The van der Waals surface area contributed by atoms with E-state index in [1.165, 1.54) is 6.92 Å². The maximum absolute atomic E-state index is 12.9. The number of carboxylic acid groups (broad SMARTS) is 1. The Bertz CT molecular complexity index is 924. The highest BCUT2D eigenvalue weighted by Gasteiger charge is 2.32. The fourth-order valence-electron chi connectivity index (χ4n) is 4.18. The average Bonchev–Trinajstić information content (AvgIpc) is 2.87. The van der Waals surface area contributed by atoms with Gasteiger partial charge in [-0.25, -0.2) is 4.79 Å². The molecule has 0 saturated heterocycles. The third kappa shape index (κ3) is 15.1. The molecule has 8 N–H and O–H groups in total. The molecule has 13 nitrogen and oxygen atoms in total. The van der Waals surface area contributed by atoms with Crippen LogP contribution in [-0.4, -0.2) is 77.4 Å². The summed E-state index contributed by atoms with van der Waals surface area (Å²) in [4.78, 5) is 75.2. The fourth-order valence-corrected chi connectivity index (χ4v) is 4.18. The Balaban J connectivity index is 5.20. The summed E-state index contributed by atoms with van der Waals surface area (Å²) in [7, 11) is 0. The van der Waals surface area contributed by atoms with Crippen molar-refractivity contribution in [3.05, 3.63) is 0 Å². The highest BCUT2D eigenvalue weighted by Crippen LogP contribution is 2.11. The van der Waals surface area contributed by atoms with Gasteiger partial charge in [-0.05, 0) is 49.9 Å². The quantitative estimate of drug-likeness (QED) is 0.112. The van der Waals surface area contributed by atoms with Gasteiger partial charge < -0.3 is 37.4 Å². The van der Waals surface area contributed by atoms with Crippen LogP contribution in [-0.2, 0) is 28.8 Å². The van der Waals surface area contributed by atoms with Crippen LogP contribution < -0.4 is 32.3 Å². The van der Waals surface area contributed by atoms with E-state index in [0.29, 0.717) is 19.3 Å². The molecule has 6 atom stereocenters. The van der Waals surface area contributed by atoms with E-state index in [4.69, 9.17) is 5.73 Å². The Hall–Kier alpha value is -3.22. The number of amides is 5. The lowest BCUT2D eigenvalue weighted by Crippen LogP contribution is -2.58. The van der Waals surface area contributed by atoms with Crippen LogP contribution in [0.25, 0.3) is 0 Å². The first-order chi connectivity index (χ1) is 19.4. The molecule has 5 amide bonds. The highest BCUT2D eigenvalue weighted by atomic mass is 16.4. The number of carbonyl (C=O) groups is 6. The number of hydrogen-bond donors (Lipinski definition) is 7. The molecule has 0 saturated carbocycles. The predicted molar refractivity (Wildman–Crippen MR) is 160 cm³/mol. The van der Waals surface area contributed by atoms with Gasteiger partial charge in [0.05, 0.1) is 12.6 Å². The van der Waals surface area contributed by atoms with Gasteiger partial charge in [0.15, 0.2) is 0 Å². The Morgan fingerprint density at radius 3 is 1.62 bits per heavy atom. The fraction of sp³-hybridized carbons (Fsp3) is 0.793. The zero-order valence-electron chi connectivity index (χ0n) is 26.7. The maximum atomic E-state index is 12.9. The first kappa shape index (κ1) is 38.8. The van der Waals surface area contributed by atoms with Gasteiger partial charge >= 0.3 is 5.97 Å². The van der Waals surface area contributed by atoms with Gasteiger partial charge in [-0.2, -0.15) is 0 Å². The van der Waals surface area contributed by atoms with Gasteiger partial charge in [0.25, 0.3) is 0 Å². The number of carboxylic acids is 1. The molecule has 0 bridgehead atoms. The zero-order valence-corrected chi connectivity index (χ0v) is 26.7. The molecule has 0 aromatic heterocycles. The van der Waals surface area contributed by atoms with E-state index in [1.54, 1.807) is 6.92 Å². The summed E-state index contributed by atoms with van der Waals surface area (Å²) in [5.74, 6) is -4.09. The number of nitrogens with two attached hydrogens (primary N) is 1. The molecule has 0 unspecified atom stereocenters. The average molecular weight is 599 g/mol. The number of rotatable bonds is 19. The van der Waals surface area contributed by atoms with Crippen molar-refractivity contribution in [1.82, 2.24) is 26.6 Å². The van der Waals surface area contributed by atoms with E-state index in [2.05, 4.69) is 26.6 Å². The molecule has 0 aliphatic heterocycles. The summed E-state index contributed by atoms with van der Waals surface area (Å²) >= 11 is 0. The van der Waals surface area contributed by atoms with Gasteiger partial charge in [0.1, 0.15) is 24.2 Å². The van der Waals surface area contributed by atoms with Gasteiger partial charge in [0, 0.05) is 0 Å². The molecule has 0 aliphatic rings. The van der Waals surface area contributed by atoms with Crippen molar-refractivity contribution in [3.8, 4) is 0 Å². The Kier molecular flexibility index (Phi) is 17.6. The number of nitrogens with one attached hydrogen (secondary N) is 5. The smallest absolute Gasteiger partial charge is 0.326 e. The van der Waals surface area contributed by atoms with E-state index in [9.17, 15) is 33.9 Å². The second-order valence-electron chi connectivity index (χ2n) is 12.3. The monoisotopic (exact) mass is 598 g/mol. The second kappa shape index (κ2) is 19.1. The van der Waals surface area contributed by atoms with E-state index in [0.717, 1.165) is 0 Å². The molecule has 0 radical (unpaired) electrons. The summed E-state index contributed by atoms with van der Waals surface area (Å²) in [5, 5.41) is 22.2. The molecular formula is C29H54N6O7. The topological polar surface area (TPSA) is 209 Å². The summed E-state index contributed by atoms with van der Waals surface area (Å²) in [6, 6.07) is -4.82. The lowest BCUT2D eigenvalue weighted by atomic mass is 9.96. The Morgan fingerprint density at radius 1 is 0.643 bits per heavy atom. The molecule has 42 heavy (non-hydrogen) atoms. The van der Waals surface area contributed by atoms with Crippen LogP contribution in [0.15, 0.2) is 0 Å². The molecule has 0 spiro atoms. The molecule has 13 heteroatoms. The van der Waals surface area contributed by atoms with E-state index in [-0.39, 0.29) is 30.1 Å². The highest BCUT2D eigenvalue weighted by molar-refractivity contribution is 5.95. The lowest BCUT2D eigenvalue weighted by Gasteiger charge is -2.27. The molecular weight excluding hydrogens is 544 g/mol. The number of aliphatic carboxylic acids is 1. The van der Waals surface area contributed by atoms with Crippen LogP contribution in [0.5, 0.6) is 0 Å². The summed E-state index contributed by atoms with van der Waals surface area (Å²) in [6.45, 7) is 15.9. The minimum absolute atomic E-state index is 0.0261. The second-order valence-corrected chi connectivity index (χ2v) is 12.3. The van der Waals surface area contributed by atoms with Crippen LogP contribution in [0.2, 0.25) is 0 Å². The molecule has 0 aliphatic carbocycles. The molecule has 0 aromatic carbocycles. The summed E-state index contributed by atoms with van der Waals surface area (Å²) in [5.41, 5.74) is 5.94. The van der Waals surface area contributed by atoms with Gasteiger partial charge in [0.2, 0.25) is 29.5 Å². The maximum Gasteiger partial charge on any atom is 0.326 e. The van der Waals surface area contributed by atoms with Crippen LogP contribution in [0.3, 0.4) is 0 Å². The Labute approximate surface area is 250 Å². The van der Waals surface area contributed by atoms with Crippen molar-refractivity contribution in [1.29, 1.82) is 0 Å². The molecule has 0 fully saturated rings. The lowest BCUT2D eigenvalue weighted by molar-refractivity contribution is -0.143. The predicted octanol–water partition coefficient (Wildman–Crippen LogP) is 0.658. The molecule has 0 rings (SSSR count). The van der Waals surface area contributed by atoms with Gasteiger partial charge in [-0.3, -0.25) is 24.0 Å². The molecule has 242 valence electrons. The minimum atomic E-state index is -1.16. The van der Waals surface area contributed by atoms with E-state index in [1.807, 2.05) is 48.5 Å². The van der Waals surface area contributed by atoms with Crippen LogP contribution in [0, 0.1) is 23.7 Å². The van der Waals surface area contributed by atoms with E-state index < -0.39 is 72.3 Å². The Morgan fingerprint density at radius 2 is 1.14 bits per heavy atom. The third-order valence-electron chi connectivity index (χ3n) is 6.71. The largest absolute Gasteiger partial charge is 0.480 e. The van der Waals surface area contributed by atoms with Crippen molar-refractivity contribution in [2.45, 2.75) is 118 Å². The van der Waals surface area contributed by atoms with Crippen LogP contribution in [0.1, 0.15) is 88.0 Å². The number of hydrogen-bond acceptors (Lipinski definition) is 7. The molecule has 0 aromatic rings. The van der Waals surface area contributed by atoms with Crippen molar-refractivity contribution in [2.24, 2.45) is 29.4 Å². The summed E-state index contributed by atoms with van der Waals surface area (Å²) in [6.07, 6.45) is 1.56. The van der Waals surface area contributed by atoms with Crippen molar-refractivity contribution in [2.75, 3.05) is 6.54 Å².